The maximum Gasteiger partial charge on any atom is 0.239 e. The minimum Gasteiger partial charge on any atom is -0.378 e. The second kappa shape index (κ2) is 12.5. The molecule has 0 aliphatic carbocycles. The van der Waals surface area contributed by atoms with Gasteiger partial charge in [0.2, 0.25) is 5.91 Å². The van der Waals surface area contributed by atoms with Gasteiger partial charge in [-0.25, -0.2) is 4.98 Å². The maximum atomic E-state index is 12.2. The van der Waals surface area contributed by atoms with E-state index in [4.69, 9.17) is 4.74 Å². The number of anilines is 1. The number of pyridine rings is 1. The van der Waals surface area contributed by atoms with Crippen LogP contribution in [0, 0.1) is 0 Å². The van der Waals surface area contributed by atoms with Crippen molar-refractivity contribution in [1.29, 1.82) is 0 Å². The van der Waals surface area contributed by atoms with Crippen molar-refractivity contribution in [3.05, 3.63) is 23.9 Å². The molecule has 1 unspecified atom stereocenters. The number of aromatic nitrogens is 1. The molecule has 2 N–H and O–H groups in total. The van der Waals surface area contributed by atoms with Gasteiger partial charge in [-0.05, 0) is 13.1 Å². The van der Waals surface area contributed by atoms with E-state index in [1.54, 1.807) is 0 Å². The third-order valence-electron chi connectivity index (χ3n) is 4.36. The summed E-state index contributed by atoms with van der Waals surface area (Å²) in [7, 11) is 2.14. The van der Waals surface area contributed by atoms with Gasteiger partial charge in [0.25, 0.3) is 0 Å². The van der Waals surface area contributed by atoms with Gasteiger partial charge in [-0.3, -0.25) is 4.79 Å². The molecule has 3 heterocycles. The zero-order valence-corrected chi connectivity index (χ0v) is 17.3. The molecule has 2 aliphatic rings. The molecule has 1 atom stereocenters. The van der Waals surface area contributed by atoms with Gasteiger partial charge in [0.1, 0.15) is 11.9 Å². The number of hydrogen-bond acceptors (Lipinski definition) is 6. The summed E-state index contributed by atoms with van der Waals surface area (Å²) in [6.45, 7) is 6.31. The van der Waals surface area contributed by atoms with E-state index in [0.717, 1.165) is 44.1 Å². The van der Waals surface area contributed by atoms with Gasteiger partial charge < -0.3 is 25.2 Å². The number of halogens is 3. The van der Waals surface area contributed by atoms with Gasteiger partial charge in [0, 0.05) is 51.0 Å². The first-order valence-electron chi connectivity index (χ1n) is 8.20. The highest BCUT2D eigenvalue weighted by atomic mass is 35.5. The predicted molar refractivity (Wildman–Crippen MR) is 110 cm³/mol. The van der Waals surface area contributed by atoms with Crippen molar-refractivity contribution >= 4 is 48.9 Å². The van der Waals surface area contributed by atoms with Crippen LogP contribution in [0.4, 0.5) is 5.82 Å². The van der Waals surface area contributed by atoms with E-state index < -0.39 is 0 Å². The lowest BCUT2D eigenvalue weighted by Gasteiger charge is -2.34. The monoisotopic (exact) mass is 427 g/mol. The number of nitrogens with one attached hydrogen (secondary N) is 2. The fourth-order valence-electron chi connectivity index (χ4n) is 2.91. The first kappa shape index (κ1) is 25.2. The summed E-state index contributed by atoms with van der Waals surface area (Å²) >= 11 is 0. The third kappa shape index (κ3) is 6.72. The van der Waals surface area contributed by atoms with Crippen LogP contribution < -0.4 is 15.5 Å². The smallest absolute Gasteiger partial charge is 0.239 e. The molecule has 3 rings (SSSR count). The normalized spacial score (nSPS) is 20.2. The first-order chi connectivity index (χ1) is 11.2. The summed E-state index contributed by atoms with van der Waals surface area (Å²) in [6.07, 6.45) is 1.81. The van der Waals surface area contributed by atoms with Gasteiger partial charge in [-0.1, -0.05) is 6.07 Å². The molecule has 0 spiro atoms. The highest BCUT2D eigenvalue weighted by Crippen LogP contribution is 2.18. The number of hydrogen-bond donors (Lipinski definition) is 2. The topological polar surface area (TPSA) is 69.7 Å². The zero-order valence-electron chi connectivity index (χ0n) is 14.8. The van der Waals surface area contributed by atoms with Crippen LogP contribution in [0.1, 0.15) is 5.56 Å². The molecule has 2 fully saturated rings. The van der Waals surface area contributed by atoms with Crippen molar-refractivity contribution in [2.45, 2.75) is 12.6 Å². The Labute approximate surface area is 173 Å². The molecular weight excluding hydrogens is 401 g/mol. The molecule has 0 radical (unpaired) electrons. The van der Waals surface area contributed by atoms with Gasteiger partial charge in [-0.15, -0.1) is 37.2 Å². The molecule has 10 heteroatoms. The number of nitrogens with zero attached hydrogens (tertiary/aromatic N) is 3. The second-order valence-electron chi connectivity index (χ2n) is 6.08. The van der Waals surface area contributed by atoms with Crippen LogP contribution in [0.15, 0.2) is 18.3 Å². The van der Waals surface area contributed by atoms with Crippen molar-refractivity contribution in [1.82, 2.24) is 20.5 Å². The van der Waals surface area contributed by atoms with Gasteiger partial charge in [-0.2, -0.15) is 0 Å². The fourth-order valence-corrected chi connectivity index (χ4v) is 2.91. The van der Waals surface area contributed by atoms with E-state index in [-0.39, 0.29) is 49.2 Å². The average molecular weight is 429 g/mol. The molecule has 150 valence electrons. The zero-order chi connectivity index (χ0) is 16.1. The van der Waals surface area contributed by atoms with Crippen LogP contribution in [0.25, 0.3) is 0 Å². The van der Waals surface area contributed by atoms with E-state index in [1.165, 1.54) is 0 Å². The Morgan fingerprint density at radius 3 is 2.69 bits per heavy atom. The average Bonchev–Trinajstić information content (AvgIpc) is 2.61. The predicted octanol–water partition coefficient (Wildman–Crippen LogP) is 0.703. The van der Waals surface area contributed by atoms with Crippen molar-refractivity contribution < 1.29 is 9.53 Å². The Bertz CT molecular complexity index is 538. The molecule has 0 saturated carbocycles. The molecule has 1 aromatic rings. The number of carbonyl (C=O) groups is 1. The lowest BCUT2D eigenvalue weighted by atomic mass is 10.2. The summed E-state index contributed by atoms with van der Waals surface area (Å²) in [5.74, 6) is 0.964. The Hall–Kier alpha value is -0.830. The largest absolute Gasteiger partial charge is 0.378 e. The molecule has 1 amide bonds. The summed E-state index contributed by atoms with van der Waals surface area (Å²) in [5, 5.41) is 6.17. The van der Waals surface area contributed by atoms with E-state index in [0.29, 0.717) is 19.8 Å². The highest BCUT2D eigenvalue weighted by molar-refractivity contribution is 5.86. The van der Waals surface area contributed by atoms with Crippen LogP contribution in [-0.4, -0.2) is 74.8 Å². The van der Waals surface area contributed by atoms with Crippen molar-refractivity contribution in [3.8, 4) is 0 Å². The van der Waals surface area contributed by atoms with E-state index in [2.05, 4.69) is 32.5 Å². The van der Waals surface area contributed by atoms with E-state index in [9.17, 15) is 4.79 Å². The standard InChI is InChI=1S/C16H25N5O2.3ClH/c1-20-6-8-21(9-7-20)15-13(3-2-4-18-15)11-19-16(22)14-12-23-10-5-17-14;;;/h2-4,14,17H,5-12H2,1H3,(H,19,22);3*1H. The lowest BCUT2D eigenvalue weighted by molar-refractivity contribution is -0.126. The number of likely N-dealkylation sites (N-methyl/N-ethyl adjacent to an activating group) is 1. The minimum absolute atomic E-state index is 0. The van der Waals surface area contributed by atoms with Gasteiger partial charge in [0.15, 0.2) is 0 Å². The molecular formula is C16H28Cl3N5O2. The molecule has 2 saturated heterocycles. The van der Waals surface area contributed by atoms with Gasteiger partial charge >= 0.3 is 0 Å². The minimum atomic E-state index is -0.257. The van der Waals surface area contributed by atoms with Crippen LogP contribution in [0.3, 0.4) is 0 Å². The molecule has 0 aromatic carbocycles. The summed E-state index contributed by atoms with van der Waals surface area (Å²) in [6, 6.07) is 3.70. The molecule has 2 aliphatic heterocycles. The van der Waals surface area contributed by atoms with Crippen LogP contribution >= 0.6 is 37.2 Å². The number of carbonyl (C=O) groups excluding carboxylic acids is 1. The van der Waals surface area contributed by atoms with Crippen LogP contribution in [0.5, 0.6) is 0 Å². The number of morpholine rings is 1. The Morgan fingerprint density at radius 2 is 2.04 bits per heavy atom. The highest BCUT2D eigenvalue weighted by Gasteiger charge is 2.22. The number of piperazine rings is 1. The Morgan fingerprint density at radius 1 is 1.31 bits per heavy atom. The summed E-state index contributed by atoms with van der Waals surface area (Å²) in [4.78, 5) is 21.4. The first-order valence-corrected chi connectivity index (χ1v) is 8.20. The number of ether oxygens (including phenoxy) is 1. The quantitative estimate of drug-likeness (QED) is 0.736. The maximum absolute atomic E-state index is 12.2. The molecule has 26 heavy (non-hydrogen) atoms. The molecule has 0 bridgehead atoms. The Kier molecular flexibility index (Phi) is 12.1. The lowest BCUT2D eigenvalue weighted by Crippen LogP contribution is -2.51. The summed E-state index contributed by atoms with van der Waals surface area (Å²) in [5.41, 5.74) is 1.06. The van der Waals surface area contributed by atoms with Crippen LogP contribution in [-0.2, 0) is 16.1 Å². The van der Waals surface area contributed by atoms with Crippen molar-refractivity contribution in [2.24, 2.45) is 0 Å². The number of amides is 1. The summed E-state index contributed by atoms with van der Waals surface area (Å²) < 4.78 is 5.34. The molecule has 7 nitrogen and oxygen atoms in total. The Balaban J connectivity index is 0.00000208. The van der Waals surface area contributed by atoms with E-state index in [1.807, 2.05) is 18.3 Å². The van der Waals surface area contributed by atoms with Crippen molar-refractivity contribution in [3.63, 3.8) is 0 Å². The van der Waals surface area contributed by atoms with E-state index >= 15 is 0 Å². The van der Waals surface area contributed by atoms with Gasteiger partial charge in [0.05, 0.1) is 13.2 Å². The number of rotatable bonds is 4. The second-order valence-corrected chi connectivity index (χ2v) is 6.08. The fraction of sp³-hybridized carbons (Fsp3) is 0.625. The van der Waals surface area contributed by atoms with Crippen molar-refractivity contribution in [2.75, 3.05) is 57.9 Å². The molecule has 1 aromatic heterocycles. The van der Waals surface area contributed by atoms with Crippen LogP contribution in [0.2, 0.25) is 0 Å². The SMILES string of the molecule is CN1CCN(c2ncccc2CNC(=O)C2COCCN2)CC1.Cl.Cl.Cl. The third-order valence-corrected chi connectivity index (χ3v) is 4.36.